The molecule has 0 radical (unpaired) electrons. The van der Waals surface area contributed by atoms with Gasteiger partial charge in [0.25, 0.3) is 0 Å². The zero-order valence-electron chi connectivity index (χ0n) is 27.2. The highest BCUT2D eigenvalue weighted by atomic mass is 16.5. The van der Waals surface area contributed by atoms with E-state index < -0.39 is 41.0 Å². The minimum atomic E-state index is -1.29. The summed E-state index contributed by atoms with van der Waals surface area (Å²) in [7, 11) is 0. The number of aliphatic hydroxyl groups excluding tert-OH is 1. The molecule has 7 rings (SSSR count). The fourth-order valence-electron chi connectivity index (χ4n) is 8.21. The molecule has 4 aromatic rings. The van der Waals surface area contributed by atoms with Crippen molar-refractivity contribution in [3.05, 3.63) is 84.4 Å². The minimum absolute atomic E-state index is 0.00950. The number of rotatable bonds is 11. The molecule has 3 unspecified atom stereocenters. The maximum absolute atomic E-state index is 14.7. The smallest absolute Gasteiger partial charge is 0.247 e. The molecule has 3 saturated heterocycles. The second-order valence-corrected chi connectivity index (χ2v) is 13.2. The Bertz CT molecular complexity index is 1830. The maximum Gasteiger partial charge on any atom is 0.247 e. The Morgan fingerprint density at radius 2 is 1.79 bits per heavy atom. The van der Waals surface area contributed by atoms with E-state index in [1.165, 1.54) is 4.90 Å². The number of amides is 3. The molecule has 3 aliphatic rings. The molecule has 1 aromatic heterocycles. The lowest BCUT2D eigenvalue weighted by atomic mass is 9.62. The summed E-state index contributed by atoms with van der Waals surface area (Å²) in [6.45, 7) is 5.92. The topological polar surface area (TPSA) is 148 Å². The van der Waals surface area contributed by atoms with Gasteiger partial charge in [0.05, 0.1) is 42.2 Å². The van der Waals surface area contributed by atoms with Gasteiger partial charge in [0, 0.05) is 5.69 Å². The molecule has 48 heavy (non-hydrogen) atoms. The number of aromatic nitrogens is 3. The number of benzene rings is 3. The van der Waals surface area contributed by atoms with Crippen molar-refractivity contribution in [2.45, 2.75) is 63.6 Å². The van der Waals surface area contributed by atoms with Gasteiger partial charge in [-0.1, -0.05) is 54.6 Å². The zero-order chi connectivity index (χ0) is 33.6. The molecule has 0 saturated carbocycles. The first-order chi connectivity index (χ1) is 23.2. The standard InChI is InChI=1S/C36H40N6O6/c1-4-47-26-16-14-24(15-17-26)38-32(44)29-30-34(46)42(25(20-43)18-23-10-6-5-7-11-23)31(36(30)19-22(2)35(29,3)48-36)33(45)37-21-41-28-13-9-8-12-27(28)39-40-41/h5-17,22,25,29-31,43H,4,18-21H2,1-3H3,(H,37,45)(H,38,44)/t22?,25-,29+,30+,31?,35-,36?/m1/s1. The summed E-state index contributed by atoms with van der Waals surface area (Å²) in [5.74, 6) is -2.45. The van der Waals surface area contributed by atoms with Crippen LogP contribution in [0.1, 0.15) is 32.8 Å². The van der Waals surface area contributed by atoms with Crippen molar-refractivity contribution < 1.29 is 29.0 Å². The summed E-state index contributed by atoms with van der Waals surface area (Å²) in [5, 5.41) is 25.1. The van der Waals surface area contributed by atoms with Gasteiger partial charge in [-0.15, -0.1) is 5.10 Å². The van der Waals surface area contributed by atoms with Crippen LogP contribution in [0.25, 0.3) is 11.0 Å². The zero-order valence-corrected chi connectivity index (χ0v) is 27.2. The Morgan fingerprint density at radius 1 is 1.06 bits per heavy atom. The molecule has 12 heteroatoms. The molecule has 2 bridgehead atoms. The number of nitrogens with one attached hydrogen (secondary N) is 2. The molecule has 0 aliphatic carbocycles. The second-order valence-electron chi connectivity index (χ2n) is 13.2. The Hall–Kier alpha value is -4.81. The summed E-state index contributed by atoms with van der Waals surface area (Å²) in [5.41, 5.74) is 0.609. The lowest BCUT2D eigenvalue weighted by Crippen LogP contribution is -2.58. The largest absolute Gasteiger partial charge is 0.494 e. The van der Waals surface area contributed by atoms with Gasteiger partial charge in [-0.2, -0.15) is 0 Å². The highest BCUT2D eigenvalue weighted by molar-refractivity contribution is 6.02. The van der Waals surface area contributed by atoms with E-state index in [4.69, 9.17) is 9.47 Å². The molecule has 12 nitrogen and oxygen atoms in total. The van der Waals surface area contributed by atoms with E-state index in [2.05, 4.69) is 20.9 Å². The van der Waals surface area contributed by atoms with Crippen LogP contribution in [0.5, 0.6) is 5.75 Å². The van der Waals surface area contributed by atoms with Crippen molar-refractivity contribution in [2.75, 3.05) is 18.5 Å². The van der Waals surface area contributed by atoms with Crippen LogP contribution >= 0.6 is 0 Å². The number of aliphatic hydroxyl groups is 1. The molecular weight excluding hydrogens is 612 g/mol. The Morgan fingerprint density at radius 3 is 2.52 bits per heavy atom. The van der Waals surface area contributed by atoms with Crippen LogP contribution in [0.2, 0.25) is 0 Å². The number of likely N-dealkylation sites (tertiary alicyclic amines) is 1. The van der Waals surface area contributed by atoms with Crippen molar-refractivity contribution in [3.63, 3.8) is 0 Å². The molecular formula is C36H40N6O6. The number of hydrogen-bond donors (Lipinski definition) is 3. The van der Waals surface area contributed by atoms with Gasteiger partial charge in [0.15, 0.2) is 0 Å². The van der Waals surface area contributed by atoms with Gasteiger partial charge in [-0.25, -0.2) is 4.68 Å². The molecule has 3 fully saturated rings. The molecule has 1 spiro atoms. The predicted octanol–water partition coefficient (Wildman–Crippen LogP) is 3.16. The van der Waals surface area contributed by atoms with E-state index in [0.29, 0.717) is 36.4 Å². The predicted molar refractivity (Wildman–Crippen MR) is 177 cm³/mol. The molecule has 3 aromatic carbocycles. The first-order valence-electron chi connectivity index (χ1n) is 16.5. The lowest BCUT2D eigenvalue weighted by molar-refractivity contribution is -0.150. The van der Waals surface area contributed by atoms with Crippen LogP contribution in [0, 0.1) is 17.8 Å². The van der Waals surface area contributed by atoms with Crippen LogP contribution in [-0.4, -0.2) is 79.2 Å². The monoisotopic (exact) mass is 652 g/mol. The average molecular weight is 653 g/mol. The number of ether oxygens (including phenoxy) is 2. The van der Waals surface area contributed by atoms with Gasteiger partial charge < -0.3 is 30.1 Å². The molecule has 4 heterocycles. The fourth-order valence-corrected chi connectivity index (χ4v) is 8.21. The van der Waals surface area contributed by atoms with Crippen LogP contribution in [0.3, 0.4) is 0 Å². The molecule has 3 aliphatic heterocycles. The molecule has 3 amide bonds. The second kappa shape index (κ2) is 12.3. The average Bonchev–Trinajstić information content (AvgIpc) is 3.77. The maximum atomic E-state index is 14.7. The van der Waals surface area contributed by atoms with Crippen LogP contribution < -0.4 is 15.4 Å². The van der Waals surface area contributed by atoms with Crippen molar-refractivity contribution in [1.82, 2.24) is 25.2 Å². The van der Waals surface area contributed by atoms with E-state index in [1.54, 1.807) is 28.9 Å². The SMILES string of the molecule is CCOc1ccc(NC(=O)[C@@H]2[C@H]3C(=O)N([C@@H](CO)Cc4ccccc4)C(C(=O)NCn4nnc5ccccc54)C34CC(C)[C@@]2(C)O4)cc1. The summed E-state index contributed by atoms with van der Waals surface area (Å²) >= 11 is 0. The van der Waals surface area contributed by atoms with E-state index in [0.717, 1.165) is 11.1 Å². The summed E-state index contributed by atoms with van der Waals surface area (Å²) < 4.78 is 14.0. The number of carbonyl (C=O) groups is 3. The Labute approximate surface area is 278 Å². The van der Waals surface area contributed by atoms with Crippen molar-refractivity contribution in [3.8, 4) is 5.75 Å². The highest BCUT2D eigenvalue weighted by Crippen LogP contribution is 2.65. The number of anilines is 1. The third-order valence-electron chi connectivity index (χ3n) is 10.5. The Kier molecular flexibility index (Phi) is 8.16. The van der Waals surface area contributed by atoms with E-state index in [-0.39, 0.29) is 31.0 Å². The minimum Gasteiger partial charge on any atom is -0.494 e. The number of fused-ring (bicyclic) bond motifs is 2. The number of carbonyl (C=O) groups excluding carboxylic acids is 3. The van der Waals surface area contributed by atoms with Crippen LogP contribution in [0.4, 0.5) is 5.69 Å². The summed E-state index contributed by atoms with van der Waals surface area (Å²) in [6, 6.07) is 22.2. The first-order valence-corrected chi connectivity index (χ1v) is 16.5. The fraction of sp³-hybridized carbons (Fsp3) is 0.417. The van der Waals surface area contributed by atoms with E-state index in [9.17, 15) is 19.5 Å². The number of para-hydroxylation sites is 1. The van der Waals surface area contributed by atoms with Gasteiger partial charge in [0.2, 0.25) is 17.7 Å². The molecule has 250 valence electrons. The third kappa shape index (κ3) is 5.10. The molecule has 7 atom stereocenters. The summed E-state index contributed by atoms with van der Waals surface area (Å²) in [4.78, 5) is 44.9. The van der Waals surface area contributed by atoms with Gasteiger partial charge >= 0.3 is 0 Å². The van der Waals surface area contributed by atoms with E-state index >= 15 is 0 Å². The normalized spacial score (nSPS) is 28.0. The molecule has 3 N–H and O–H groups in total. The third-order valence-corrected chi connectivity index (χ3v) is 10.5. The van der Waals surface area contributed by atoms with Crippen LogP contribution in [0.15, 0.2) is 78.9 Å². The Balaban J connectivity index is 1.24. The van der Waals surface area contributed by atoms with Crippen molar-refractivity contribution in [2.24, 2.45) is 17.8 Å². The van der Waals surface area contributed by atoms with Gasteiger partial charge in [0.1, 0.15) is 29.6 Å². The van der Waals surface area contributed by atoms with Crippen molar-refractivity contribution >= 4 is 34.4 Å². The summed E-state index contributed by atoms with van der Waals surface area (Å²) in [6.07, 6.45) is 0.719. The quantitative estimate of drug-likeness (QED) is 0.224. The lowest BCUT2D eigenvalue weighted by Gasteiger charge is -2.37. The number of nitrogens with zero attached hydrogens (tertiary/aromatic N) is 4. The van der Waals surface area contributed by atoms with Crippen LogP contribution in [-0.2, 0) is 32.2 Å². The van der Waals surface area contributed by atoms with Gasteiger partial charge in [-0.05, 0) is 74.6 Å². The highest BCUT2D eigenvalue weighted by Gasteiger charge is 2.80. The van der Waals surface area contributed by atoms with Crippen molar-refractivity contribution in [1.29, 1.82) is 0 Å². The van der Waals surface area contributed by atoms with E-state index in [1.807, 2.05) is 75.4 Å². The number of hydrogen-bond acceptors (Lipinski definition) is 8. The van der Waals surface area contributed by atoms with Gasteiger partial charge in [-0.3, -0.25) is 14.4 Å². The first kappa shape index (κ1) is 31.8.